The molecule has 5 nitrogen and oxygen atoms in total. The van der Waals surface area contributed by atoms with Gasteiger partial charge in [0.15, 0.2) is 4.80 Å². The average Bonchev–Trinajstić information content (AvgIpc) is 3.33. The topological polar surface area (TPSA) is 75.3 Å². The monoisotopic (exact) mass is 410 g/mol. The van der Waals surface area contributed by atoms with Gasteiger partial charge in [0.05, 0.1) is 16.8 Å². The number of thiazole rings is 1. The van der Waals surface area contributed by atoms with Crippen molar-refractivity contribution in [2.75, 3.05) is 6.61 Å². The zero-order valence-electron chi connectivity index (χ0n) is 16.6. The van der Waals surface area contributed by atoms with Crippen molar-refractivity contribution in [3.05, 3.63) is 46.8 Å². The Labute approximate surface area is 174 Å². The van der Waals surface area contributed by atoms with E-state index in [2.05, 4.69) is 18.2 Å². The molecule has 3 aromatic rings. The Morgan fingerprint density at radius 2 is 2.03 bits per heavy atom. The third kappa shape index (κ3) is 4.37. The van der Waals surface area contributed by atoms with Crippen LogP contribution in [0.2, 0.25) is 0 Å². The number of nitrogens with zero attached hydrogens (tertiary/aromatic N) is 1. The van der Waals surface area contributed by atoms with E-state index in [1.165, 1.54) is 37.0 Å². The summed E-state index contributed by atoms with van der Waals surface area (Å²) in [6.07, 6.45) is 5.65. The number of aliphatic carboxylic acids is 1. The van der Waals surface area contributed by atoms with Gasteiger partial charge in [-0.25, -0.2) is 0 Å². The first-order valence-corrected chi connectivity index (χ1v) is 10.9. The Morgan fingerprint density at radius 1 is 1.24 bits per heavy atom. The summed E-state index contributed by atoms with van der Waals surface area (Å²) in [6.45, 7) is 0.731. The van der Waals surface area contributed by atoms with Gasteiger partial charge >= 0.3 is 5.97 Å². The fourth-order valence-corrected chi connectivity index (χ4v) is 4.98. The van der Waals surface area contributed by atoms with Crippen LogP contribution in [0.25, 0.3) is 21.3 Å². The van der Waals surface area contributed by atoms with Crippen molar-refractivity contribution in [2.45, 2.75) is 38.5 Å². The maximum absolute atomic E-state index is 11.0. The van der Waals surface area contributed by atoms with Crippen molar-refractivity contribution in [1.29, 1.82) is 5.41 Å². The van der Waals surface area contributed by atoms with Crippen LogP contribution in [-0.4, -0.2) is 22.2 Å². The van der Waals surface area contributed by atoms with E-state index in [0.29, 0.717) is 17.1 Å². The first kappa shape index (κ1) is 19.7. The van der Waals surface area contributed by atoms with Crippen LogP contribution < -0.4 is 9.54 Å². The highest BCUT2D eigenvalue weighted by Gasteiger charge is 2.17. The molecule has 0 unspecified atom stereocenters. The zero-order valence-corrected chi connectivity index (χ0v) is 17.4. The molecule has 29 heavy (non-hydrogen) atoms. The van der Waals surface area contributed by atoms with Gasteiger partial charge in [-0.05, 0) is 60.6 Å². The molecule has 1 aliphatic rings. The molecule has 1 saturated carbocycles. The molecule has 0 radical (unpaired) electrons. The Bertz CT molecular complexity index is 1090. The van der Waals surface area contributed by atoms with E-state index < -0.39 is 5.97 Å². The average molecular weight is 411 g/mol. The molecule has 0 spiro atoms. The van der Waals surface area contributed by atoms with E-state index in [-0.39, 0.29) is 6.42 Å². The van der Waals surface area contributed by atoms with Crippen LogP contribution in [0.1, 0.15) is 37.7 Å². The van der Waals surface area contributed by atoms with Crippen LogP contribution in [0.15, 0.2) is 36.4 Å². The van der Waals surface area contributed by atoms with Crippen molar-refractivity contribution < 1.29 is 14.6 Å². The summed E-state index contributed by atoms with van der Waals surface area (Å²) in [5.74, 6) is 0.685. The summed E-state index contributed by atoms with van der Waals surface area (Å²) in [6, 6.07) is 12.2. The first-order valence-electron chi connectivity index (χ1n) is 10.1. The lowest BCUT2D eigenvalue weighted by atomic mass is 9.99. The van der Waals surface area contributed by atoms with Crippen molar-refractivity contribution in [3.63, 3.8) is 0 Å². The van der Waals surface area contributed by atoms with Crippen molar-refractivity contribution in [2.24, 2.45) is 13.0 Å². The summed E-state index contributed by atoms with van der Waals surface area (Å²) in [7, 11) is 1.91. The fraction of sp³-hybridized carbons (Fsp3) is 0.391. The summed E-state index contributed by atoms with van der Waals surface area (Å²) in [4.78, 5) is 11.5. The van der Waals surface area contributed by atoms with Crippen LogP contribution in [0, 0.1) is 11.3 Å². The van der Waals surface area contributed by atoms with E-state index in [0.717, 1.165) is 39.3 Å². The molecule has 6 heteroatoms. The van der Waals surface area contributed by atoms with E-state index in [4.69, 9.17) is 15.3 Å². The molecule has 1 aliphatic carbocycles. The van der Waals surface area contributed by atoms with Crippen molar-refractivity contribution >= 4 is 27.5 Å². The largest absolute Gasteiger partial charge is 0.493 e. The normalized spacial score (nSPS) is 14.5. The summed E-state index contributed by atoms with van der Waals surface area (Å²) in [5.41, 5.74) is 4.07. The second-order valence-electron chi connectivity index (χ2n) is 7.83. The third-order valence-electron chi connectivity index (χ3n) is 5.76. The van der Waals surface area contributed by atoms with E-state index >= 15 is 0 Å². The number of hydrogen-bond donors (Lipinski definition) is 2. The zero-order chi connectivity index (χ0) is 20.4. The smallest absolute Gasteiger partial charge is 0.303 e. The van der Waals surface area contributed by atoms with E-state index in [1.807, 2.05) is 29.8 Å². The standard InChI is InChI=1S/C23H26N2O3S/c1-25-19-9-8-17(13-21(19)29-23(25)24)18-12-15(7-11-22(26)27)6-10-20(18)28-14-16-4-2-3-5-16/h6,8-10,12-13,16,24H,2-5,7,11,14H2,1H3,(H,26,27). The number of carboxylic acid groups (broad SMARTS) is 1. The number of aromatic nitrogens is 1. The molecule has 0 aliphatic heterocycles. The van der Waals surface area contributed by atoms with E-state index in [1.54, 1.807) is 0 Å². The van der Waals surface area contributed by atoms with Crippen LogP contribution >= 0.6 is 11.3 Å². The highest BCUT2D eigenvalue weighted by Crippen LogP contribution is 2.35. The number of nitrogens with one attached hydrogen (secondary N) is 1. The molecule has 1 aromatic heterocycles. The molecule has 1 heterocycles. The highest BCUT2D eigenvalue weighted by molar-refractivity contribution is 7.16. The number of carboxylic acids is 1. The minimum absolute atomic E-state index is 0.115. The SMILES string of the molecule is Cn1c(=N)sc2cc(-c3cc(CCC(=O)O)ccc3OCC3CCCC3)ccc21. The van der Waals surface area contributed by atoms with Crippen LogP contribution in [0.3, 0.4) is 0 Å². The van der Waals surface area contributed by atoms with Crippen molar-refractivity contribution in [1.82, 2.24) is 4.57 Å². The molecule has 152 valence electrons. The van der Waals surface area contributed by atoms with Crippen LogP contribution in [-0.2, 0) is 18.3 Å². The van der Waals surface area contributed by atoms with Gasteiger partial charge in [0, 0.05) is 19.0 Å². The van der Waals surface area contributed by atoms with E-state index in [9.17, 15) is 4.79 Å². The summed E-state index contributed by atoms with van der Waals surface area (Å²) in [5, 5.41) is 17.1. The maximum atomic E-state index is 11.0. The van der Waals surface area contributed by atoms with Gasteiger partial charge in [0.2, 0.25) is 0 Å². The van der Waals surface area contributed by atoms with Crippen LogP contribution in [0.5, 0.6) is 5.75 Å². The Balaban J connectivity index is 1.69. The molecule has 0 saturated heterocycles. The predicted octanol–water partition coefficient (Wildman–Crippen LogP) is 4.97. The molecule has 4 rings (SSSR count). The molecule has 2 aromatic carbocycles. The maximum Gasteiger partial charge on any atom is 0.303 e. The lowest BCUT2D eigenvalue weighted by molar-refractivity contribution is -0.136. The predicted molar refractivity (Wildman–Crippen MR) is 115 cm³/mol. The lowest BCUT2D eigenvalue weighted by Crippen LogP contribution is -2.09. The quantitative estimate of drug-likeness (QED) is 0.577. The fourth-order valence-electron chi connectivity index (χ4n) is 4.04. The molecule has 0 atom stereocenters. The Morgan fingerprint density at radius 3 is 2.79 bits per heavy atom. The second kappa shape index (κ2) is 8.41. The number of aryl methyl sites for hydroxylation is 2. The number of hydrogen-bond acceptors (Lipinski definition) is 4. The van der Waals surface area contributed by atoms with Gasteiger partial charge in [-0.15, -0.1) is 0 Å². The van der Waals surface area contributed by atoms with Crippen LogP contribution in [0.4, 0.5) is 0 Å². The van der Waals surface area contributed by atoms with Gasteiger partial charge in [0.25, 0.3) is 0 Å². The molecular weight excluding hydrogens is 384 g/mol. The van der Waals surface area contributed by atoms with Crippen molar-refractivity contribution in [3.8, 4) is 16.9 Å². The highest BCUT2D eigenvalue weighted by atomic mass is 32.1. The molecule has 0 amide bonds. The number of carbonyl (C=O) groups is 1. The number of ether oxygens (including phenoxy) is 1. The van der Waals surface area contributed by atoms with Gasteiger partial charge in [-0.1, -0.05) is 36.3 Å². The molecule has 0 bridgehead atoms. The van der Waals surface area contributed by atoms with Gasteiger partial charge in [0.1, 0.15) is 5.75 Å². The molecule has 1 fully saturated rings. The lowest BCUT2D eigenvalue weighted by Gasteiger charge is -2.16. The van der Waals surface area contributed by atoms with Gasteiger partial charge in [-0.2, -0.15) is 0 Å². The minimum Gasteiger partial charge on any atom is -0.493 e. The van der Waals surface area contributed by atoms with Gasteiger partial charge < -0.3 is 14.4 Å². The number of fused-ring (bicyclic) bond motifs is 1. The Hall–Kier alpha value is -2.60. The number of benzene rings is 2. The number of rotatable bonds is 7. The molecule has 2 N–H and O–H groups in total. The second-order valence-corrected chi connectivity index (χ2v) is 8.87. The summed E-state index contributed by atoms with van der Waals surface area (Å²) < 4.78 is 9.18. The summed E-state index contributed by atoms with van der Waals surface area (Å²) >= 11 is 1.46. The third-order valence-corrected chi connectivity index (χ3v) is 6.78. The molecular formula is C23H26N2O3S. The minimum atomic E-state index is -0.788. The van der Waals surface area contributed by atoms with Gasteiger partial charge in [-0.3, -0.25) is 10.2 Å². The first-order chi connectivity index (χ1) is 14.0. The Kier molecular flexibility index (Phi) is 5.72.